The maximum atomic E-state index is 9.31. The third kappa shape index (κ3) is 2.83. The van der Waals surface area contributed by atoms with Gasteiger partial charge in [-0.3, -0.25) is 0 Å². The number of halogens is 1. The van der Waals surface area contributed by atoms with Gasteiger partial charge >= 0.3 is 0 Å². The van der Waals surface area contributed by atoms with Gasteiger partial charge in [-0.1, -0.05) is 0 Å². The quantitative estimate of drug-likeness (QED) is 0.722. The molecule has 0 saturated carbocycles. The van der Waals surface area contributed by atoms with Gasteiger partial charge in [-0.2, -0.15) is 9.97 Å². The summed E-state index contributed by atoms with van der Waals surface area (Å²) in [5, 5.41) is 12.6. The first-order chi connectivity index (χ1) is 8.06. The standard InChI is InChI=1S/C10H14ClN5O/c1-5(3-6(2)17)14-9-7-8(13-4-12-7)15-10(11)16-9/h4-6,17H,3H2,1-2H3,(H2,12,13,14,15,16). The second-order valence-corrected chi connectivity index (χ2v) is 4.41. The summed E-state index contributed by atoms with van der Waals surface area (Å²) in [5.74, 6) is 0.602. The summed E-state index contributed by atoms with van der Waals surface area (Å²) < 4.78 is 0. The van der Waals surface area contributed by atoms with Crippen LogP contribution in [0.25, 0.3) is 11.2 Å². The van der Waals surface area contributed by atoms with Crippen molar-refractivity contribution in [1.29, 1.82) is 0 Å². The number of aliphatic hydroxyl groups is 1. The van der Waals surface area contributed by atoms with Crippen molar-refractivity contribution in [1.82, 2.24) is 19.9 Å². The van der Waals surface area contributed by atoms with Crippen molar-refractivity contribution in [2.24, 2.45) is 0 Å². The molecule has 2 heterocycles. The second kappa shape index (κ2) is 4.85. The molecule has 0 spiro atoms. The summed E-state index contributed by atoms with van der Waals surface area (Å²) in [4.78, 5) is 15.1. The molecule has 0 aliphatic heterocycles. The number of H-pyrrole nitrogens is 1. The molecular weight excluding hydrogens is 242 g/mol. The van der Waals surface area contributed by atoms with Gasteiger partial charge in [-0.05, 0) is 31.9 Å². The van der Waals surface area contributed by atoms with Crippen LogP contribution >= 0.6 is 11.6 Å². The number of anilines is 1. The number of aliphatic hydroxyl groups excluding tert-OH is 1. The molecule has 0 amide bonds. The van der Waals surface area contributed by atoms with Crippen LogP contribution in [0.15, 0.2) is 6.33 Å². The number of fused-ring (bicyclic) bond motifs is 1. The van der Waals surface area contributed by atoms with Gasteiger partial charge in [0.25, 0.3) is 0 Å². The largest absolute Gasteiger partial charge is 0.393 e. The average Bonchev–Trinajstić information content (AvgIpc) is 2.63. The minimum absolute atomic E-state index is 0.0764. The number of rotatable bonds is 4. The lowest BCUT2D eigenvalue weighted by atomic mass is 10.1. The molecule has 0 bridgehead atoms. The van der Waals surface area contributed by atoms with E-state index in [1.165, 1.54) is 0 Å². The van der Waals surface area contributed by atoms with E-state index in [1.54, 1.807) is 13.3 Å². The topological polar surface area (TPSA) is 86.7 Å². The molecule has 17 heavy (non-hydrogen) atoms. The van der Waals surface area contributed by atoms with Crippen molar-refractivity contribution in [3.63, 3.8) is 0 Å². The Hall–Kier alpha value is -1.40. The lowest BCUT2D eigenvalue weighted by Gasteiger charge is -2.16. The van der Waals surface area contributed by atoms with E-state index in [2.05, 4.69) is 25.3 Å². The molecule has 0 aliphatic rings. The van der Waals surface area contributed by atoms with Crippen LogP contribution in [0.1, 0.15) is 20.3 Å². The highest BCUT2D eigenvalue weighted by atomic mass is 35.5. The normalized spacial score (nSPS) is 14.8. The predicted octanol–water partition coefficient (Wildman–Crippen LogP) is 1.58. The fourth-order valence-corrected chi connectivity index (χ4v) is 1.88. The predicted molar refractivity (Wildman–Crippen MR) is 66.1 cm³/mol. The summed E-state index contributed by atoms with van der Waals surface area (Å²) in [6.07, 6.45) is 1.80. The Bertz CT molecular complexity index is 512. The molecule has 2 aromatic heterocycles. The van der Waals surface area contributed by atoms with Crippen LogP contribution < -0.4 is 5.32 Å². The monoisotopic (exact) mass is 255 g/mol. The Kier molecular flexibility index (Phi) is 3.44. The second-order valence-electron chi connectivity index (χ2n) is 4.07. The first-order valence-corrected chi connectivity index (χ1v) is 5.75. The first kappa shape index (κ1) is 12.1. The zero-order valence-corrected chi connectivity index (χ0v) is 10.4. The maximum Gasteiger partial charge on any atom is 0.226 e. The summed E-state index contributed by atoms with van der Waals surface area (Å²) in [7, 11) is 0. The molecule has 92 valence electrons. The zero-order chi connectivity index (χ0) is 12.4. The van der Waals surface area contributed by atoms with Gasteiger partial charge in [0.2, 0.25) is 5.28 Å². The Morgan fingerprint density at radius 3 is 2.94 bits per heavy atom. The van der Waals surface area contributed by atoms with Gasteiger partial charge in [0, 0.05) is 6.04 Å². The molecule has 2 unspecified atom stereocenters. The molecule has 0 saturated heterocycles. The summed E-state index contributed by atoms with van der Waals surface area (Å²) in [6, 6.07) is 0.0764. The highest BCUT2D eigenvalue weighted by Crippen LogP contribution is 2.19. The van der Waals surface area contributed by atoms with Crippen LogP contribution in [0.2, 0.25) is 5.28 Å². The highest BCUT2D eigenvalue weighted by molar-refractivity contribution is 6.28. The Labute approximate surface area is 103 Å². The minimum Gasteiger partial charge on any atom is -0.393 e. The van der Waals surface area contributed by atoms with E-state index in [4.69, 9.17) is 11.6 Å². The van der Waals surface area contributed by atoms with Crippen LogP contribution in [0.3, 0.4) is 0 Å². The Morgan fingerprint density at radius 2 is 2.24 bits per heavy atom. The van der Waals surface area contributed by atoms with Gasteiger partial charge in [0.05, 0.1) is 12.4 Å². The molecule has 2 atom stereocenters. The lowest BCUT2D eigenvalue weighted by Crippen LogP contribution is -2.21. The van der Waals surface area contributed by atoms with Crippen LogP contribution in [0.5, 0.6) is 0 Å². The van der Waals surface area contributed by atoms with Crippen LogP contribution in [0, 0.1) is 0 Å². The maximum absolute atomic E-state index is 9.31. The van der Waals surface area contributed by atoms with E-state index < -0.39 is 0 Å². The third-order valence-corrected chi connectivity index (χ3v) is 2.51. The van der Waals surface area contributed by atoms with Gasteiger partial charge in [0.15, 0.2) is 11.5 Å². The molecule has 3 N–H and O–H groups in total. The van der Waals surface area contributed by atoms with Crippen molar-refractivity contribution >= 4 is 28.6 Å². The van der Waals surface area contributed by atoms with Crippen molar-refractivity contribution in [2.75, 3.05) is 5.32 Å². The SMILES string of the molecule is CC(O)CC(C)Nc1nc(Cl)nc2nc[nH]c12. The summed E-state index contributed by atoms with van der Waals surface area (Å²) >= 11 is 5.80. The zero-order valence-electron chi connectivity index (χ0n) is 9.61. The molecule has 0 fully saturated rings. The Morgan fingerprint density at radius 1 is 1.47 bits per heavy atom. The van der Waals surface area contributed by atoms with Crippen molar-refractivity contribution in [3.8, 4) is 0 Å². The summed E-state index contributed by atoms with van der Waals surface area (Å²) in [5.41, 5.74) is 1.24. The molecule has 0 aromatic carbocycles. The molecule has 2 rings (SSSR count). The highest BCUT2D eigenvalue weighted by Gasteiger charge is 2.12. The van der Waals surface area contributed by atoms with Crippen molar-refractivity contribution in [3.05, 3.63) is 11.6 Å². The smallest absolute Gasteiger partial charge is 0.226 e. The van der Waals surface area contributed by atoms with Gasteiger partial charge < -0.3 is 15.4 Å². The van der Waals surface area contributed by atoms with E-state index >= 15 is 0 Å². The van der Waals surface area contributed by atoms with Gasteiger partial charge in [0.1, 0.15) is 5.52 Å². The van der Waals surface area contributed by atoms with E-state index in [9.17, 15) is 5.11 Å². The molecule has 6 nitrogen and oxygen atoms in total. The van der Waals surface area contributed by atoms with Crippen LogP contribution in [-0.2, 0) is 0 Å². The minimum atomic E-state index is -0.368. The van der Waals surface area contributed by atoms with E-state index in [-0.39, 0.29) is 17.4 Å². The number of hydrogen-bond acceptors (Lipinski definition) is 5. The third-order valence-electron chi connectivity index (χ3n) is 2.34. The fraction of sp³-hybridized carbons (Fsp3) is 0.500. The van der Waals surface area contributed by atoms with Crippen molar-refractivity contribution < 1.29 is 5.11 Å². The number of nitrogens with one attached hydrogen (secondary N) is 2. The lowest BCUT2D eigenvalue weighted by molar-refractivity contribution is 0.179. The van der Waals surface area contributed by atoms with Gasteiger partial charge in [-0.15, -0.1) is 0 Å². The number of hydrogen-bond donors (Lipinski definition) is 3. The number of nitrogens with zero attached hydrogens (tertiary/aromatic N) is 3. The number of aromatic amines is 1. The van der Waals surface area contributed by atoms with E-state index in [0.29, 0.717) is 23.4 Å². The summed E-state index contributed by atoms with van der Waals surface area (Å²) in [6.45, 7) is 3.71. The van der Waals surface area contributed by atoms with E-state index in [0.717, 1.165) is 0 Å². The average molecular weight is 256 g/mol. The number of imidazole rings is 1. The van der Waals surface area contributed by atoms with Crippen molar-refractivity contribution in [2.45, 2.75) is 32.4 Å². The van der Waals surface area contributed by atoms with E-state index in [1.807, 2.05) is 6.92 Å². The molecular formula is C10H14ClN5O. The molecule has 0 aliphatic carbocycles. The molecule has 2 aromatic rings. The molecule has 0 radical (unpaired) electrons. The van der Waals surface area contributed by atoms with Gasteiger partial charge in [-0.25, -0.2) is 4.98 Å². The fourth-order valence-electron chi connectivity index (χ4n) is 1.72. The van der Waals surface area contributed by atoms with Crippen LogP contribution in [0.4, 0.5) is 5.82 Å². The number of aromatic nitrogens is 4. The first-order valence-electron chi connectivity index (χ1n) is 5.37. The molecule has 7 heteroatoms. The van der Waals surface area contributed by atoms with Crippen LogP contribution in [-0.4, -0.2) is 37.2 Å². The Balaban J connectivity index is 2.25.